The van der Waals surface area contributed by atoms with Gasteiger partial charge in [-0.05, 0) is 43.7 Å². The molecule has 23 heavy (non-hydrogen) atoms. The fourth-order valence-electron chi connectivity index (χ4n) is 2.13. The van der Waals surface area contributed by atoms with Crippen LogP contribution in [0.4, 0.5) is 0 Å². The quantitative estimate of drug-likeness (QED) is 0.706. The van der Waals surface area contributed by atoms with Crippen LogP contribution in [0.15, 0.2) is 35.0 Å². The summed E-state index contributed by atoms with van der Waals surface area (Å²) in [5.74, 6) is 0.280. The number of nitrogens with two attached hydrogens (primary N) is 1. The zero-order valence-corrected chi connectivity index (χ0v) is 14.3. The largest absolute Gasteiger partial charge is 0.355 e. The number of hydrogen-bond acceptors (Lipinski definition) is 4. The van der Waals surface area contributed by atoms with E-state index in [4.69, 9.17) is 21.9 Å². The highest BCUT2D eigenvalue weighted by atomic mass is 35.5. The van der Waals surface area contributed by atoms with E-state index in [-0.39, 0.29) is 18.3 Å². The SMILES string of the molecule is Cl.NCCCCCCNC(=O)c1cnoc1-c1ccc(Cl)cc1. The number of benzene rings is 1. The number of unbranched alkanes of at least 4 members (excludes halogenated alkanes) is 3. The summed E-state index contributed by atoms with van der Waals surface area (Å²) in [6, 6.07) is 7.09. The van der Waals surface area contributed by atoms with E-state index in [0.717, 1.165) is 37.8 Å². The predicted octanol–water partition coefficient (Wildman–Crippen LogP) is 3.67. The fourth-order valence-corrected chi connectivity index (χ4v) is 2.26. The van der Waals surface area contributed by atoms with Crippen LogP contribution in [0.2, 0.25) is 5.02 Å². The number of nitrogens with one attached hydrogen (secondary N) is 1. The first kappa shape index (κ1) is 19.5. The van der Waals surface area contributed by atoms with E-state index in [0.29, 0.717) is 22.9 Å². The zero-order chi connectivity index (χ0) is 15.8. The van der Waals surface area contributed by atoms with Gasteiger partial charge in [0.1, 0.15) is 5.56 Å². The molecule has 0 aliphatic rings. The molecular weight excluding hydrogens is 337 g/mol. The Hall–Kier alpha value is -1.56. The maximum Gasteiger partial charge on any atom is 0.256 e. The van der Waals surface area contributed by atoms with E-state index in [1.54, 1.807) is 24.3 Å². The van der Waals surface area contributed by atoms with Crippen LogP contribution in [-0.2, 0) is 0 Å². The molecule has 1 aromatic heterocycles. The van der Waals surface area contributed by atoms with Crippen molar-refractivity contribution >= 4 is 29.9 Å². The van der Waals surface area contributed by atoms with Crippen LogP contribution >= 0.6 is 24.0 Å². The second-order valence-corrected chi connectivity index (χ2v) is 5.47. The fraction of sp³-hybridized carbons (Fsp3) is 0.375. The Labute approximate surface area is 147 Å². The molecule has 0 radical (unpaired) electrons. The molecule has 1 heterocycles. The Kier molecular flexibility index (Phi) is 8.69. The number of aromatic nitrogens is 1. The highest BCUT2D eigenvalue weighted by Gasteiger charge is 2.17. The molecule has 3 N–H and O–H groups in total. The van der Waals surface area contributed by atoms with Gasteiger partial charge >= 0.3 is 0 Å². The molecule has 2 rings (SSSR count). The third kappa shape index (κ3) is 5.86. The first-order valence-corrected chi connectivity index (χ1v) is 7.79. The van der Waals surface area contributed by atoms with Crippen molar-refractivity contribution < 1.29 is 9.32 Å². The van der Waals surface area contributed by atoms with Crippen molar-refractivity contribution in [3.8, 4) is 11.3 Å². The molecule has 0 saturated heterocycles. The summed E-state index contributed by atoms with van der Waals surface area (Å²) in [6.45, 7) is 1.35. The van der Waals surface area contributed by atoms with Crippen LogP contribution < -0.4 is 11.1 Å². The van der Waals surface area contributed by atoms with Gasteiger partial charge in [-0.25, -0.2) is 0 Å². The lowest BCUT2D eigenvalue weighted by Crippen LogP contribution is -2.24. The molecular formula is C16H21Cl2N3O2. The van der Waals surface area contributed by atoms with Crippen LogP contribution in [0.3, 0.4) is 0 Å². The van der Waals surface area contributed by atoms with Gasteiger partial charge in [-0.1, -0.05) is 29.6 Å². The summed E-state index contributed by atoms with van der Waals surface area (Å²) in [5.41, 5.74) is 6.65. The Morgan fingerprint density at radius 3 is 2.57 bits per heavy atom. The minimum atomic E-state index is -0.176. The molecule has 1 aromatic carbocycles. The predicted molar refractivity (Wildman–Crippen MR) is 94.1 cm³/mol. The highest BCUT2D eigenvalue weighted by molar-refractivity contribution is 6.30. The Morgan fingerprint density at radius 2 is 1.87 bits per heavy atom. The molecule has 5 nitrogen and oxygen atoms in total. The van der Waals surface area contributed by atoms with Crippen molar-refractivity contribution in [1.82, 2.24) is 10.5 Å². The standard InChI is InChI=1S/C16H20ClN3O2.ClH/c17-13-7-5-12(6-8-13)15-14(11-20-22-15)16(21)19-10-4-2-1-3-9-18;/h5-8,11H,1-4,9-10,18H2,(H,19,21);1H. The molecule has 0 fully saturated rings. The van der Waals surface area contributed by atoms with E-state index in [1.165, 1.54) is 6.20 Å². The molecule has 0 saturated carbocycles. The number of carbonyl (C=O) groups is 1. The van der Waals surface area contributed by atoms with Crippen LogP contribution in [0, 0.1) is 0 Å². The van der Waals surface area contributed by atoms with Gasteiger partial charge in [-0.2, -0.15) is 0 Å². The summed E-state index contributed by atoms with van der Waals surface area (Å²) in [7, 11) is 0. The molecule has 0 unspecified atom stereocenters. The highest BCUT2D eigenvalue weighted by Crippen LogP contribution is 2.24. The maximum absolute atomic E-state index is 12.2. The Balaban J connectivity index is 0.00000264. The minimum absolute atomic E-state index is 0. The average Bonchev–Trinajstić information content (AvgIpc) is 3.01. The summed E-state index contributed by atoms with van der Waals surface area (Å²) < 4.78 is 5.20. The summed E-state index contributed by atoms with van der Waals surface area (Å²) in [4.78, 5) is 12.2. The Bertz CT molecular complexity index is 600. The van der Waals surface area contributed by atoms with Crippen LogP contribution in [0.1, 0.15) is 36.0 Å². The van der Waals surface area contributed by atoms with Gasteiger partial charge in [-0.3, -0.25) is 4.79 Å². The number of nitrogens with zero attached hydrogens (tertiary/aromatic N) is 1. The third-order valence-electron chi connectivity index (χ3n) is 3.34. The maximum atomic E-state index is 12.2. The summed E-state index contributed by atoms with van der Waals surface area (Å²) in [5, 5.41) is 7.25. The van der Waals surface area contributed by atoms with Gasteiger partial charge in [0.05, 0.1) is 6.20 Å². The van der Waals surface area contributed by atoms with Gasteiger partial charge in [0, 0.05) is 17.1 Å². The van der Waals surface area contributed by atoms with Gasteiger partial charge in [0.2, 0.25) is 0 Å². The molecule has 0 atom stereocenters. The molecule has 1 amide bonds. The van der Waals surface area contributed by atoms with E-state index in [2.05, 4.69) is 10.5 Å². The van der Waals surface area contributed by atoms with Crippen molar-refractivity contribution in [1.29, 1.82) is 0 Å². The third-order valence-corrected chi connectivity index (χ3v) is 3.59. The number of hydrogen-bond donors (Lipinski definition) is 2. The van der Waals surface area contributed by atoms with Gasteiger partial charge in [0.25, 0.3) is 5.91 Å². The smallest absolute Gasteiger partial charge is 0.256 e. The lowest BCUT2D eigenvalue weighted by molar-refractivity contribution is 0.0953. The topological polar surface area (TPSA) is 81.1 Å². The Morgan fingerprint density at radius 1 is 1.17 bits per heavy atom. The lowest BCUT2D eigenvalue weighted by atomic mass is 10.1. The van der Waals surface area contributed by atoms with Crippen molar-refractivity contribution in [3.05, 3.63) is 41.0 Å². The summed E-state index contributed by atoms with van der Waals surface area (Å²) in [6.07, 6.45) is 5.56. The number of rotatable bonds is 8. The van der Waals surface area contributed by atoms with E-state index in [9.17, 15) is 4.79 Å². The zero-order valence-electron chi connectivity index (χ0n) is 12.8. The number of amides is 1. The van der Waals surface area contributed by atoms with Crippen molar-refractivity contribution in [2.24, 2.45) is 5.73 Å². The van der Waals surface area contributed by atoms with Crippen molar-refractivity contribution in [2.75, 3.05) is 13.1 Å². The second-order valence-electron chi connectivity index (χ2n) is 5.03. The monoisotopic (exact) mass is 357 g/mol. The number of halogens is 2. The molecule has 0 aliphatic heterocycles. The van der Waals surface area contributed by atoms with E-state index in [1.807, 2.05) is 0 Å². The van der Waals surface area contributed by atoms with Gasteiger partial charge < -0.3 is 15.6 Å². The molecule has 0 spiro atoms. The van der Waals surface area contributed by atoms with E-state index < -0.39 is 0 Å². The molecule has 2 aromatic rings. The van der Waals surface area contributed by atoms with Gasteiger partial charge in [0.15, 0.2) is 5.76 Å². The van der Waals surface area contributed by atoms with Crippen molar-refractivity contribution in [2.45, 2.75) is 25.7 Å². The van der Waals surface area contributed by atoms with Crippen LogP contribution in [-0.4, -0.2) is 24.2 Å². The lowest BCUT2D eigenvalue weighted by Gasteiger charge is -2.05. The normalized spacial score (nSPS) is 10.2. The van der Waals surface area contributed by atoms with Crippen LogP contribution in [0.25, 0.3) is 11.3 Å². The molecule has 7 heteroatoms. The first-order chi connectivity index (χ1) is 10.7. The number of carbonyl (C=O) groups excluding carboxylic acids is 1. The minimum Gasteiger partial charge on any atom is -0.355 e. The summed E-state index contributed by atoms with van der Waals surface area (Å²) >= 11 is 5.86. The molecule has 0 aliphatic carbocycles. The van der Waals surface area contributed by atoms with Gasteiger partial charge in [-0.15, -0.1) is 12.4 Å². The average molecular weight is 358 g/mol. The molecule has 126 valence electrons. The van der Waals surface area contributed by atoms with Crippen LogP contribution in [0.5, 0.6) is 0 Å². The molecule has 0 bridgehead atoms. The second kappa shape index (κ2) is 10.3. The van der Waals surface area contributed by atoms with E-state index >= 15 is 0 Å². The van der Waals surface area contributed by atoms with Crippen molar-refractivity contribution in [3.63, 3.8) is 0 Å². The first-order valence-electron chi connectivity index (χ1n) is 7.41.